The van der Waals surface area contributed by atoms with Crippen LogP contribution >= 0.6 is 15.9 Å². The molecule has 3 nitrogen and oxygen atoms in total. The van der Waals surface area contributed by atoms with Crippen molar-refractivity contribution >= 4 is 27.6 Å². The molecule has 0 aromatic heterocycles. The zero-order valence-electron chi connectivity index (χ0n) is 10.0. The van der Waals surface area contributed by atoms with E-state index in [1.807, 2.05) is 6.92 Å². The fourth-order valence-electron chi connectivity index (χ4n) is 1.38. The lowest BCUT2D eigenvalue weighted by Gasteiger charge is -2.14. The second-order valence-electron chi connectivity index (χ2n) is 3.89. The molecular weight excluding hydrogens is 289 g/mol. The van der Waals surface area contributed by atoms with Crippen molar-refractivity contribution in [3.05, 3.63) is 28.0 Å². The van der Waals surface area contributed by atoms with Gasteiger partial charge in [0, 0.05) is 12.2 Å². The highest BCUT2D eigenvalue weighted by Crippen LogP contribution is 2.24. The molecule has 0 amide bonds. The van der Waals surface area contributed by atoms with Crippen LogP contribution in [0, 0.1) is 18.7 Å². The SMILES string of the molecule is COC(=O)C(C)CNc1cc(F)c(Br)cc1C. The van der Waals surface area contributed by atoms with E-state index in [4.69, 9.17) is 0 Å². The van der Waals surface area contributed by atoms with E-state index in [-0.39, 0.29) is 17.7 Å². The second-order valence-corrected chi connectivity index (χ2v) is 4.74. The minimum absolute atomic E-state index is 0.272. The monoisotopic (exact) mass is 303 g/mol. The van der Waals surface area contributed by atoms with Gasteiger partial charge in [-0.1, -0.05) is 6.92 Å². The number of anilines is 1. The molecular formula is C12H15BrFNO2. The topological polar surface area (TPSA) is 38.3 Å². The van der Waals surface area contributed by atoms with Crippen molar-refractivity contribution in [2.24, 2.45) is 5.92 Å². The van der Waals surface area contributed by atoms with Crippen LogP contribution in [0.15, 0.2) is 16.6 Å². The molecule has 1 aromatic carbocycles. The Morgan fingerprint density at radius 2 is 2.24 bits per heavy atom. The summed E-state index contributed by atoms with van der Waals surface area (Å²) in [5, 5.41) is 3.03. The predicted octanol–water partition coefficient (Wildman–Crippen LogP) is 3.12. The number of hydrogen-bond donors (Lipinski definition) is 1. The van der Waals surface area contributed by atoms with Gasteiger partial charge in [-0.05, 0) is 40.5 Å². The maximum absolute atomic E-state index is 13.3. The summed E-state index contributed by atoms with van der Waals surface area (Å²) in [7, 11) is 1.35. The molecule has 0 heterocycles. The number of ether oxygens (including phenoxy) is 1. The van der Waals surface area contributed by atoms with Crippen LogP contribution in [-0.2, 0) is 9.53 Å². The number of halogens is 2. The third kappa shape index (κ3) is 3.70. The molecule has 0 radical (unpaired) electrons. The highest BCUT2D eigenvalue weighted by Gasteiger charge is 2.13. The Morgan fingerprint density at radius 1 is 1.59 bits per heavy atom. The Hall–Kier alpha value is -1.10. The van der Waals surface area contributed by atoms with Crippen LogP contribution < -0.4 is 5.32 Å². The van der Waals surface area contributed by atoms with Crippen LogP contribution in [0.5, 0.6) is 0 Å². The normalized spacial score (nSPS) is 12.1. The van der Waals surface area contributed by atoms with Gasteiger partial charge in [0.1, 0.15) is 5.82 Å². The highest BCUT2D eigenvalue weighted by atomic mass is 79.9. The number of esters is 1. The molecule has 0 aliphatic heterocycles. The minimum atomic E-state index is -0.330. The molecule has 0 saturated carbocycles. The largest absolute Gasteiger partial charge is 0.469 e. The second kappa shape index (κ2) is 6.00. The molecule has 17 heavy (non-hydrogen) atoms. The third-order valence-electron chi connectivity index (χ3n) is 2.47. The van der Waals surface area contributed by atoms with E-state index in [0.29, 0.717) is 16.7 Å². The third-order valence-corrected chi connectivity index (χ3v) is 3.08. The first kappa shape index (κ1) is 14.0. The molecule has 1 aromatic rings. The summed E-state index contributed by atoms with van der Waals surface area (Å²) in [6, 6.07) is 3.10. The van der Waals surface area contributed by atoms with Crippen molar-refractivity contribution in [2.75, 3.05) is 19.0 Å². The van der Waals surface area contributed by atoms with Crippen molar-refractivity contribution in [3.63, 3.8) is 0 Å². The first-order valence-electron chi connectivity index (χ1n) is 5.23. The molecule has 94 valence electrons. The van der Waals surface area contributed by atoms with E-state index >= 15 is 0 Å². The van der Waals surface area contributed by atoms with Gasteiger partial charge < -0.3 is 10.1 Å². The fourth-order valence-corrected chi connectivity index (χ4v) is 1.84. The lowest BCUT2D eigenvalue weighted by Crippen LogP contribution is -2.21. The van der Waals surface area contributed by atoms with Gasteiger partial charge in [0.05, 0.1) is 17.5 Å². The Bertz CT molecular complexity index is 423. The molecule has 0 fully saturated rings. The van der Waals surface area contributed by atoms with E-state index in [9.17, 15) is 9.18 Å². The Kier molecular flexibility index (Phi) is 4.93. The average molecular weight is 304 g/mol. The molecule has 0 bridgehead atoms. The molecule has 1 atom stereocenters. The van der Waals surface area contributed by atoms with E-state index in [1.165, 1.54) is 13.2 Å². The first-order valence-corrected chi connectivity index (χ1v) is 6.02. The van der Waals surface area contributed by atoms with Gasteiger partial charge in [-0.3, -0.25) is 4.79 Å². The number of methoxy groups -OCH3 is 1. The van der Waals surface area contributed by atoms with Crippen molar-refractivity contribution in [3.8, 4) is 0 Å². The van der Waals surface area contributed by atoms with Crippen molar-refractivity contribution in [1.29, 1.82) is 0 Å². The highest BCUT2D eigenvalue weighted by molar-refractivity contribution is 9.10. The maximum Gasteiger partial charge on any atom is 0.310 e. The molecule has 0 spiro atoms. The van der Waals surface area contributed by atoms with Gasteiger partial charge in [0.15, 0.2) is 0 Å². The Labute approximate surface area is 108 Å². The van der Waals surface area contributed by atoms with Gasteiger partial charge >= 0.3 is 5.97 Å². The summed E-state index contributed by atoms with van der Waals surface area (Å²) in [6.07, 6.45) is 0. The van der Waals surface area contributed by atoms with Crippen molar-refractivity contribution in [2.45, 2.75) is 13.8 Å². The summed E-state index contributed by atoms with van der Waals surface area (Å²) in [5.41, 5.74) is 1.59. The van der Waals surface area contributed by atoms with Crippen LogP contribution in [0.3, 0.4) is 0 Å². The van der Waals surface area contributed by atoms with E-state index in [0.717, 1.165) is 5.56 Å². The first-order chi connectivity index (χ1) is 7.95. The van der Waals surface area contributed by atoms with Crippen molar-refractivity contribution < 1.29 is 13.9 Å². The molecule has 5 heteroatoms. The number of benzene rings is 1. The standard InChI is InChI=1S/C12H15BrFNO2/c1-7-4-9(13)10(14)5-11(7)15-6-8(2)12(16)17-3/h4-5,8,15H,6H2,1-3H3. The number of aryl methyl sites for hydroxylation is 1. The van der Waals surface area contributed by atoms with Gasteiger partial charge in [0.2, 0.25) is 0 Å². The Morgan fingerprint density at radius 3 is 2.82 bits per heavy atom. The number of hydrogen-bond acceptors (Lipinski definition) is 3. The molecule has 0 aliphatic carbocycles. The number of rotatable bonds is 4. The van der Waals surface area contributed by atoms with Gasteiger partial charge in [-0.2, -0.15) is 0 Å². The quantitative estimate of drug-likeness (QED) is 0.869. The van der Waals surface area contributed by atoms with Gasteiger partial charge in [0.25, 0.3) is 0 Å². The summed E-state index contributed by atoms with van der Waals surface area (Å²) >= 11 is 3.12. The molecule has 1 rings (SSSR count). The smallest absolute Gasteiger partial charge is 0.310 e. The Balaban J connectivity index is 2.70. The molecule has 1 unspecified atom stereocenters. The molecule has 1 N–H and O–H groups in total. The predicted molar refractivity (Wildman–Crippen MR) is 68.5 cm³/mol. The van der Waals surface area contributed by atoms with Crippen LogP contribution in [0.1, 0.15) is 12.5 Å². The molecule has 0 saturated heterocycles. The fraction of sp³-hybridized carbons (Fsp3) is 0.417. The average Bonchev–Trinajstić information content (AvgIpc) is 2.30. The summed E-state index contributed by atoms with van der Waals surface area (Å²) in [5.74, 6) is -0.886. The van der Waals surface area contributed by atoms with E-state index in [1.54, 1.807) is 13.0 Å². The van der Waals surface area contributed by atoms with Crippen molar-refractivity contribution in [1.82, 2.24) is 0 Å². The summed E-state index contributed by atoms with van der Waals surface area (Å²) in [4.78, 5) is 11.2. The van der Waals surface area contributed by atoms with E-state index < -0.39 is 0 Å². The van der Waals surface area contributed by atoms with E-state index in [2.05, 4.69) is 26.0 Å². The minimum Gasteiger partial charge on any atom is -0.469 e. The maximum atomic E-state index is 13.3. The lowest BCUT2D eigenvalue weighted by atomic mass is 10.1. The van der Waals surface area contributed by atoms with Crippen LogP contribution in [0.25, 0.3) is 0 Å². The van der Waals surface area contributed by atoms with Crippen LogP contribution in [0.2, 0.25) is 0 Å². The van der Waals surface area contributed by atoms with Crippen LogP contribution in [0.4, 0.5) is 10.1 Å². The summed E-state index contributed by atoms with van der Waals surface area (Å²) in [6.45, 7) is 4.04. The lowest BCUT2D eigenvalue weighted by molar-refractivity contribution is -0.144. The zero-order chi connectivity index (χ0) is 13.0. The zero-order valence-corrected chi connectivity index (χ0v) is 11.6. The van der Waals surface area contributed by atoms with Crippen LogP contribution in [-0.4, -0.2) is 19.6 Å². The summed E-state index contributed by atoms with van der Waals surface area (Å²) < 4.78 is 18.4. The number of carbonyl (C=O) groups excluding carboxylic acids is 1. The van der Waals surface area contributed by atoms with Gasteiger partial charge in [-0.15, -0.1) is 0 Å². The van der Waals surface area contributed by atoms with Gasteiger partial charge in [-0.25, -0.2) is 4.39 Å². The number of nitrogens with one attached hydrogen (secondary N) is 1. The number of carbonyl (C=O) groups is 1. The molecule has 0 aliphatic rings.